The van der Waals surface area contributed by atoms with E-state index in [4.69, 9.17) is 0 Å². The molecule has 0 aliphatic heterocycles. The van der Waals surface area contributed by atoms with Crippen LogP contribution < -0.4 is 0 Å². The van der Waals surface area contributed by atoms with Crippen LogP contribution in [0.1, 0.15) is 54.2 Å². The van der Waals surface area contributed by atoms with Crippen molar-refractivity contribution < 1.29 is 13.2 Å². The van der Waals surface area contributed by atoms with Crippen LogP contribution >= 0.6 is 0 Å². The Morgan fingerprint density at radius 2 is 1.29 bits per heavy atom. The monoisotopic (exact) mass is 380 g/mol. The first-order valence-electron chi connectivity index (χ1n) is 9.84. The van der Waals surface area contributed by atoms with Crippen LogP contribution in [0.5, 0.6) is 0 Å². The Morgan fingerprint density at radius 1 is 0.679 bits per heavy atom. The van der Waals surface area contributed by atoms with Crippen LogP contribution in [0.3, 0.4) is 0 Å². The van der Waals surface area contributed by atoms with E-state index in [1.807, 2.05) is 37.3 Å². The number of hydrogen-bond donors (Lipinski definition) is 0. The third-order valence-corrected chi connectivity index (χ3v) is 5.96. The summed E-state index contributed by atoms with van der Waals surface area (Å²) >= 11 is 0. The molecule has 0 bridgehead atoms. The fourth-order valence-corrected chi connectivity index (χ4v) is 4.40. The van der Waals surface area contributed by atoms with Gasteiger partial charge in [-0.1, -0.05) is 54.6 Å². The van der Waals surface area contributed by atoms with Crippen LogP contribution in [0, 0.1) is 24.4 Å². The summed E-state index contributed by atoms with van der Waals surface area (Å²) < 4.78 is 43.8. The molecule has 0 saturated heterocycles. The van der Waals surface area contributed by atoms with Gasteiger partial charge in [0, 0.05) is 5.56 Å². The lowest BCUT2D eigenvalue weighted by Crippen LogP contribution is -2.15. The van der Waals surface area contributed by atoms with E-state index in [-0.39, 0.29) is 23.2 Å². The van der Waals surface area contributed by atoms with Crippen molar-refractivity contribution in [2.75, 3.05) is 0 Å². The van der Waals surface area contributed by atoms with Crippen LogP contribution in [0.15, 0.2) is 60.7 Å². The SMILES string of the molecule is Cc1ccc(C2CCC(c3ccc(-c4ccccc4)c(F)c3F)CC2)c(F)c1. The second-order valence-corrected chi connectivity index (χ2v) is 7.77. The number of rotatable bonds is 3. The number of halogens is 3. The van der Waals surface area contributed by atoms with Crippen LogP contribution in [-0.4, -0.2) is 0 Å². The molecule has 0 atom stereocenters. The average molecular weight is 380 g/mol. The van der Waals surface area contributed by atoms with Gasteiger partial charge in [-0.05, 0) is 72.8 Å². The van der Waals surface area contributed by atoms with E-state index in [0.29, 0.717) is 11.1 Å². The molecular weight excluding hydrogens is 357 g/mol. The van der Waals surface area contributed by atoms with E-state index in [2.05, 4.69) is 0 Å². The first kappa shape index (κ1) is 18.8. The molecule has 3 heteroatoms. The summed E-state index contributed by atoms with van der Waals surface area (Å²) in [5.41, 5.74) is 3.06. The van der Waals surface area contributed by atoms with E-state index in [1.54, 1.807) is 30.3 Å². The van der Waals surface area contributed by atoms with Crippen molar-refractivity contribution in [1.29, 1.82) is 0 Å². The zero-order valence-electron chi connectivity index (χ0n) is 15.9. The highest BCUT2D eigenvalue weighted by Crippen LogP contribution is 2.42. The average Bonchev–Trinajstić information content (AvgIpc) is 2.71. The Kier molecular flexibility index (Phi) is 5.25. The zero-order chi connectivity index (χ0) is 19.7. The van der Waals surface area contributed by atoms with Gasteiger partial charge in [-0.15, -0.1) is 0 Å². The molecule has 144 valence electrons. The van der Waals surface area contributed by atoms with E-state index in [9.17, 15) is 13.2 Å². The van der Waals surface area contributed by atoms with E-state index < -0.39 is 11.6 Å². The van der Waals surface area contributed by atoms with Gasteiger partial charge in [-0.2, -0.15) is 0 Å². The Hall–Kier alpha value is -2.55. The second kappa shape index (κ2) is 7.83. The van der Waals surface area contributed by atoms with Crippen molar-refractivity contribution in [1.82, 2.24) is 0 Å². The van der Waals surface area contributed by atoms with Gasteiger partial charge < -0.3 is 0 Å². The molecule has 3 aromatic carbocycles. The van der Waals surface area contributed by atoms with Crippen molar-refractivity contribution in [2.45, 2.75) is 44.4 Å². The predicted octanol–water partition coefficient (Wildman–Crippen LogP) is 7.52. The highest BCUT2D eigenvalue weighted by atomic mass is 19.2. The standard InChI is InChI=1S/C25H23F3/c1-16-7-12-20(23(26)15-16)18-8-10-19(11-9-18)22-14-13-21(24(27)25(22)28)17-5-3-2-4-6-17/h2-7,12-15,18-19H,8-11H2,1H3. The lowest BCUT2D eigenvalue weighted by Gasteiger charge is -2.29. The number of hydrogen-bond acceptors (Lipinski definition) is 0. The molecule has 0 N–H and O–H groups in total. The van der Waals surface area contributed by atoms with Crippen molar-refractivity contribution in [3.05, 3.63) is 94.8 Å². The number of benzene rings is 3. The summed E-state index contributed by atoms with van der Waals surface area (Å²) in [6.07, 6.45) is 3.04. The van der Waals surface area contributed by atoms with Crippen molar-refractivity contribution in [3.63, 3.8) is 0 Å². The fourth-order valence-electron chi connectivity index (χ4n) is 4.40. The van der Waals surface area contributed by atoms with E-state index in [1.165, 1.54) is 0 Å². The zero-order valence-corrected chi connectivity index (χ0v) is 15.9. The van der Waals surface area contributed by atoms with Gasteiger partial charge in [-0.3, -0.25) is 0 Å². The van der Waals surface area contributed by atoms with Gasteiger partial charge in [0.05, 0.1) is 0 Å². The smallest absolute Gasteiger partial charge is 0.166 e. The third kappa shape index (κ3) is 3.58. The summed E-state index contributed by atoms with van der Waals surface area (Å²) in [6.45, 7) is 1.88. The molecule has 0 nitrogen and oxygen atoms in total. The van der Waals surface area contributed by atoms with Gasteiger partial charge >= 0.3 is 0 Å². The quantitative estimate of drug-likeness (QED) is 0.441. The largest absolute Gasteiger partial charge is 0.207 e. The molecule has 1 fully saturated rings. The van der Waals surface area contributed by atoms with Crippen LogP contribution in [0.2, 0.25) is 0 Å². The summed E-state index contributed by atoms with van der Waals surface area (Å²) in [4.78, 5) is 0. The minimum Gasteiger partial charge on any atom is -0.207 e. The van der Waals surface area contributed by atoms with Gasteiger partial charge in [0.2, 0.25) is 0 Å². The van der Waals surface area contributed by atoms with Crippen LogP contribution in [0.25, 0.3) is 11.1 Å². The van der Waals surface area contributed by atoms with E-state index in [0.717, 1.165) is 36.8 Å². The molecule has 0 unspecified atom stereocenters. The highest BCUT2D eigenvalue weighted by Gasteiger charge is 2.28. The van der Waals surface area contributed by atoms with Crippen molar-refractivity contribution in [2.24, 2.45) is 0 Å². The van der Waals surface area contributed by atoms with Crippen molar-refractivity contribution in [3.8, 4) is 11.1 Å². The third-order valence-electron chi connectivity index (χ3n) is 5.96. The molecule has 0 aromatic heterocycles. The number of aryl methyl sites for hydroxylation is 1. The lowest BCUT2D eigenvalue weighted by molar-refractivity contribution is 0.375. The molecule has 28 heavy (non-hydrogen) atoms. The van der Waals surface area contributed by atoms with Gasteiger partial charge in [0.15, 0.2) is 11.6 Å². The minimum absolute atomic E-state index is 0.0240. The lowest BCUT2D eigenvalue weighted by atomic mass is 9.75. The molecule has 0 spiro atoms. The Labute approximate surface area is 164 Å². The molecule has 4 rings (SSSR count). The van der Waals surface area contributed by atoms with Gasteiger partial charge in [0.1, 0.15) is 5.82 Å². The maximum absolute atomic E-state index is 14.8. The first-order chi connectivity index (χ1) is 13.5. The Balaban J connectivity index is 1.53. The summed E-state index contributed by atoms with van der Waals surface area (Å²) in [5, 5.41) is 0. The Morgan fingerprint density at radius 3 is 1.93 bits per heavy atom. The van der Waals surface area contributed by atoms with E-state index >= 15 is 0 Å². The summed E-state index contributed by atoms with van der Waals surface area (Å²) in [6, 6.07) is 17.8. The topological polar surface area (TPSA) is 0 Å². The van der Waals surface area contributed by atoms with Gasteiger partial charge in [-0.25, -0.2) is 13.2 Å². The van der Waals surface area contributed by atoms with Crippen molar-refractivity contribution >= 4 is 0 Å². The van der Waals surface area contributed by atoms with Crippen LogP contribution in [-0.2, 0) is 0 Å². The normalized spacial score (nSPS) is 19.6. The summed E-state index contributed by atoms with van der Waals surface area (Å²) in [7, 11) is 0. The molecule has 1 saturated carbocycles. The molecule has 1 aliphatic carbocycles. The molecule has 0 amide bonds. The van der Waals surface area contributed by atoms with Crippen LogP contribution in [0.4, 0.5) is 13.2 Å². The maximum atomic E-state index is 14.8. The second-order valence-electron chi connectivity index (χ2n) is 7.77. The summed E-state index contributed by atoms with van der Waals surface area (Å²) in [5.74, 6) is -1.56. The molecule has 1 aliphatic rings. The highest BCUT2D eigenvalue weighted by molar-refractivity contribution is 5.64. The molecular formula is C25H23F3. The Bertz CT molecular complexity index is 971. The first-order valence-corrected chi connectivity index (χ1v) is 9.84. The fraction of sp³-hybridized carbons (Fsp3) is 0.280. The molecule has 0 radical (unpaired) electrons. The molecule has 3 aromatic rings. The predicted molar refractivity (Wildman–Crippen MR) is 107 cm³/mol. The van der Waals surface area contributed by atoms with Gasteiger partial charge in [0.25, 0.3) is 0 Å². The maximum Gasteiger partial charge on any atom is 0.166 e. The molecule has 0 heterocycles. The minimum atomic E-state index is -0.782.